The van der Waals surface area contributed by atoms with E-state index in [1.807, 2.05) is 17.8 Å². The van der Waals surface area contributed by atoms with Crippen molar-refractivity contribution < 1.29 is 9.18 Å². The molecule has 0 unspecified atom stereocenters. The summed E-state index contributed by atoms with van der Waals surface area (Å²) >= 11 is 6.00. The summed E-state index contributed by atoms with van der Waals surface area (Å²) in [4.78, 5) is 18.4. The number of carbonyl (C=O) groups excluding carboxylic acids is 1. The summed E-state index contributed by atoms with van der Waals surface area (Å²) in [7, 11) is 1.99. The molecule has 0 spiro atoms. The molecular formula is C17H19ClFN3O. The van der Waals surface area contributed by atoms with Gasteiger partial charge < -0.3 is 9.47 Å². The minimum absolute atomic E-state index is 0.0158. The first-order chi connectivity index (χ1) is 11.1. The van der Waals surface area contributed by atoms with Crippen molar-refractivity contribution in [3.63, 3.8) is 0 Å². The van der Waals surface area contributed by atoms with Gasteiger partial charge in [0.25, 0.3) is 0 Å². The lowest BCUT2D eigenvalue weighted by Gasteiger charge is -2.32. The second-order valence-electron chi connectivity index (χ2n) is 5.96. The predicted octanol–water partition coefficient (Wildman–Crippen LogP) is 3.16. The van der Waals surface area contributed by atoms with E-state index in [0.717, 1.165) is 12.8 Å². The molecule has 2 aromatic rings. The van der Waals surface area contributed by atoms with Crippen LogP contribution in [0, 0.1) is 5.82 Å². The number of imidazole rings is 1. The molecule has 0 N–H and O–H groups in total. The predicted molar refractivity (Wildman–Crippen MR) is 86.9 cm³/mol. The number of amides is 1. The van der Waals surface area contributed by atoms with Crippen LogP contribution in [0.15, 0.2) is 30.7 Å². The van der Waals surface area contributed by atoms with E-state index in [1.54, 1.807) is 23.4 Å². The Labute approximate surface area is 139 Å². The van der Waals surface area contributed by atoms with E-state index in [9.17, 15) is 9.18 Å². The Morgan fingerprint density at radius 1 is 1.39 bits per heavy atom. The van der Waals surface area contributed by atoms with Crippen LogP contribution in [0.25, 0.3) is 0 Å². The zero-order valence-corrected chi connectivity index (χ0v) is 13.8. The number of benzene rings is 1. The second kappa shape index (κ2) is 6.71. The quantitative estimate of drug-likeness (QED) is 0.864. The molecule has 0 aliphatic carbocycles. The number of likely N-dealkylation sites (tertiary alicyclic amines) is 1. The second-order valence-corrected chi connectivity index (χ2v) is 6.37. The number of hydrogen-bond acceptors (Lipinski definition) is 2. The molecule has 1 amide bonds. The fourth-order valence-corrected chi connectivity index (χ4v) is 3.38. The average Bonchev–Trinajstić information content (AvgIpc) is 2.97. The van der Waals surface area contributed by atoms with E-state index in [4.69, 9.17) is 11.6 Å². The molecule has 4 nitrogen and oxygen atoms in total. The van der Waals surface area contributed by atoms with Crippen LogP contribution >= 0.6 is 11.6 Å². The standard InChI is InChI=1S/C17H19ClFN3O/c1-21-11-20-10-16(21)12-5-7-22(8-6-12)17(23)9-13-14(18)3-2-4-15(13)19/h2-4,10-12H,5-9H2,1H3. The van der Waals surface area contributed by atoms with Crippen LogP contribution in [0.1, 0.15) is 30.0 Å². The molecule has 1 aromatic heterocycles. The highest BCUT2D eigenvalue weighted by Gasteiger charge is 2.26. The highest BCUT2D eigenvalue weighted by atomic mass is 35.5. The molecule has 1 aromatic carbocycles. The number of aryl methyl sites for hydroxylation is 1. The lowest BCUT2D eigenvalue weighted by molar-refractivity contribution is -0.131. The van der Waals surface area contributed by atoms with Crippen molar-refractivity contribution in [2.75, 3.05) is 13.1 Å². The number of piperidine rings is 1. The molecule has 0 radical (unpaired) electrons. The van der Waals surface area contributed by atoms with E-state index >= 15 is 0 Å². The van der Waals surface area contributed by atoms with Gasteiger partial charge in [0, 0.05) is 48.5 Å². The van der Waals surface area contributed by atoms with Gasteiger partial charge in [-0.05, 0) is 25.0 Å². The normalized spacial score (nSPS) is 15.9. The van der Waals surface area contributed by atoms with Gasteiger partial charge in [-0.2, -0.15) is 0 Å². The van der Waals surface area contributed by atoms with Gasteiger partial charge in [-0.25, -0.2) is 9.37 Å². The summed E-state index contributed by atoms with van der Waals surface area (Å²) in [6.45, 7) is 1.36. The molecule has 6 heteroatoms. The van der Waals surface area contributed by atoms with E-state index in [-0.39, 0.29) is 17.9 Å². The summed E-state index contributed by atoms with van der Waals surface area (Å²) in [5, 5.41) is 0.308. The molecular weight excluding hydrogens is 317 g/mol. The smallest absolute Gasteiger partial charge is 0.227 e. The van der Waals surface area contributed by atoms with Gasteiger partial charge in [0.2, 0.25) is 5.91 Å². The molecule has 0 saturated carbocycles. The fraction of sp³-hybridized carbons (Fsp3) is 0.412. The molecule has 1 saturated heterocycles. The molecule has 1 aliphatic heterocycles. The number of hydrogen-bond donors (Lipinski definition) is 0. The third kappa shape index (κ3) is 3.39. The lowest BCUT2D eigenvalue weighted by atomic mass is 9.93. The van der Waals surface area contributed by atoms with Crippen LogP contribution in [0.2, 0.25) is 5.02 Å². The van der Waals surface area contributed by atoms with Gasteiger partial charge in [0.05, 0.1) is 12.7 Å². The van der Waals surface area contributed by atoms with Crippen LogP contribution in [0.5, 0.6) is 0 Å². The number of nitrogens with zero attached hydrogens (tertiary/aromatic N) is 3. The monoisotopic (exact) mass is 335 g/mol. The first-order valence-corrected chi connectivity index (χ1v) is 8.11. The topological polar surface area (TPSA) is 38.1 Å². The largest absolute Gasteiger partial charge is 0.342 e. The Bertz CT molecular complexity index is 687. The fourth-order valence-electron chi connectivity index (χ4n) is 3.15. The van der Waals surface area contributed by atoms with Crippen LogP contribution in [0.3, 0.4) is 0 Å². The highest BCUT2D eigenvalue weighted by molar-refractivity contribution is 6.31. The summed E-state index contributed by atoms with van der Waals surface area (Å²) in [5.41, 5.74) is 1.49. The van der Waals surface area contributed by atoms with E-state index in [0.29, 0.717) is 24.0 Å². The van der Waals surface area contributed by atoms with Crippen LogP contribution in [-0.2, 0) is 18.3 Å². The average molecular weight is 336 g/mol. The Balaban J connectivity index is 1.61. The maximum atomic E-state index is 13.8. The molecule has 0 atom stereocenters. The summed E-state index contributed by atoms with van der Waals surface area (Å²) in [6, 6.07) is 4.50. The van der Waals surface area contributed by atoms with Gasteiger partial charge in [0.1, 0.15) is 5.82 Å². The third-order valence-corrected chi connectivity index (χ3v) is 4.86. The van der Waals surface area contributed by atoms with Crippen molar-refractivity contribution in [2.45, 2.75) is 25.2 Å². The first kappa shape index (κ1) is 16.0. The van der Waals surface area contributed by atoms with E-state index < -0.39 is 5.82 Å². The first-order valence-electron chi connectivity index (χ1n) is 7.73. The van der Waals surface area contributed by atoms with Crippen molar-refractivity contribution >= 4 is 17.5 Å². The number of halogens is 2. The van der Waals surface area contributed by atoms with Crippen molar-refractivity contribution in [3.05, 3.63) is 52.8 Å². The minimum Gasteiger partial charge on any atom is -0.342 e. The number of rotatable bonds is 3. The highest BCUT2D eigenvalue weighted by Crippen LogP contribution is 2.28. The van der Waals surface area contributed by atoms with Crippen LogP contribution < -0.4 is 0 Å². The zero-order chi connectivity index (χ0) is 16.4. The van der Waals surface area contributed by atoms with Gasteiger partial charge in [-0.3, -0.25) is 4.79 Å². The van der Waals surface area contributed by atoms with Gasteiger partial charge in [-0.1, -0.05) is 17.7 Å². The number of aromatic nitrogens is 2. The van der Waals surface area contributed by atoms with Gasteiger partial charge in [0.15, 0.2) is 0 Å². The molecule has 0 bridgehead atoms. The molecule has 122 valence electrons. The molecule has 2 heterocycles. The van der Waals surface area contributed by atoms with Crippen LogP contribution in [0.4, 0.5) is 4.39 Å². The van der Waals surface area contributed by atoms with Crippen molar-refractivity contribution in [1.82, 2.24) is 14.5 Å². The molecule has 1 aliphatic rings. The molecule has 3 rings (SSSR count). The van der Waals surface area contributed by atoms with Crippen LogP contribution in [-0.4, -0.2) is 33.4 Å². The minimum atomic E-state index is -0.421. The molecule has 23 heavy (non-hydrogen) atoms. The van der Waals surface area contributed by atoms with Crippen molar-refractivity contribution in [3.8, 4) is 0 Å². The zero-order valence-electron chi connectivity index (χ0n) is 13.0. The summed E-state index contributed by atoms with van der Waals surface area (Å²) in [5.74, 6) is -0.0697. The summed E-state index contributed by atoms with van der Waals surface area (Å²) in [6.07, 6.45) is 5.50. The Kier molecular flexibility index (Phi) is 4.66. The maximum absolute atomic E-state index is 13.8. The SMILES string of the molecule is Cn1cncc1C1CCN(C(=O)Cc2c(F)cccc2Cl)CC1. The maximum Gasteiger partial charge on any atom is 0.227 e. The van der Waals surface area contributed by atoms with Gasteiger partial charge in [-0.15, -0.1) is 0 Å². The van der Waals surface area contributed by atoms with Crippen molar-refractivity contribution in [1.29, 1.82) is 0 Å². The van der Waals surface area contributed by atoms with E-state index in [1.165, 1.54) is 11.8 Å². The summed E-state index contributed by atoms with van der Waals surface area (Å²) < 4.78 is 15.8. The third-order valence-electron chi connectivity index (χ3n) is 4.51. The Morgan fingerprint density at radius 3 is 2.74 bits per heavy atom. The Morgan fingerprint density at radius 2 is 2.13 bits per heavy atom. The van der Waals surface area contributed by atoms with Gasteiger partial charge >= 0.3 is 0 Å². The molecule has 1 fully saturated rings. The lowest BCUT2D eigenvalue weighted by Crippen LogP contribution is -2.39. The number of carbonyl (C=O) groups is 1. The van der Waals surface area contributed by atoms with E-state index in [2.05, 4.69) is 4.98 Å². The van der Waals surface area contributed by atoms with Crippen molar-refractivity contribution in [2.24, 2.45) is 7.05 Å². The Hall–Kier alpha value is -1.88.